The summed E-state index contributed by atoms with van der Waals surface area (Å²) in [6.45, 7) is 2.72. The van der Waals surface area contributed by atoms with Crippen LogP contribution in [0, 0.1) is 0 Å². The Morgan fingerprint density at radius 3 is 3.06 bits per heavy atom. The molecule has 0 aliphatic carbocycles. The molecular weight excluding hydrogens is 238 g/mol. The summed E-state index contributed by atoms with van der Waals surface area (Å²) in [6, 6.07) is 0. The molecule has 2 rings (SSSR count). The third-order valence-corrected chi connectivity index (χ3v) is 3.87. The molecule has 0 spiro atoms. The number of hydrogen-bond donors (Lipinski definition) is 1. The number of ether oxygens (including phenoxy) is 1. The molecule has 5 nitrogen and oxygen atoms in total. The second kappa shape index (κ2) is 6.37. The molecule has 1 aliphatic rings. The van der Waals surface area contributed by atoms with E-state index in [1.807, 2.05) is 11.8 Å². The van der Waals surface area contributed by atoms with Gasteiger partial charge in [-0.3, -0.25) is 0 Å². The lowest BCUT2D eigenvalue weighted by Crippen LogP contribution is -2.18. The SMILES string of the molecule is CCCSCc1noc(C2CCC(CN)O2)n1. The highest BCUT2D eigenvalue weighted by Crippen LogP contribution is 2.31. The molecule has 0 bridgehead atoms. The van der Waals surface area contributed by atoms with E-state index in [1.165, 1.54) is 6.42 Å². The van der Waals surface area contributed by atoms with E-state index in [1.54, 1.807) is 0 Å². The number of aromatic nitrogens is 2. The highest BCUT2D eigenvalue weighted by Gasteiger charge is 2.29. The Labute approximate surface area is 105 Å². The second-order valence-corrected chi connectivity index (χ2v) is 5.27. The van der Waals surface area contributed by atoms with Crippen LogP contribution in [0.4, 0.5) is 0 Å². The maximum absolute atomic E-state index is 5.71. The molecule has 2 atom stereocenters. The third-order valence-electron chi connectivity index (χ3n) is 2.71. The molecule has 1 fully saturated rings. The van der Waals surface area contributed by atoms with Crippen LogP contribution in [0.3, 0.4) is 0 Å². The van der Waals surface area contributed by atoms with Crippen LogP contribution in [0.15, 0.2) is 4.52 Å². The van der Waals surface area contributed by atoms with E-state index >= 15 is 0 Å². The zero-order valence-electron chi connectivity index (χ0n) is 10.1. The fraction of sp³-hybridized carbons (Fsp3) is 0.818. The van der Waals surface area contributed by atoms with Crippen LogP contribution in [0.2, 0.25) is 0 Å². The van der Waals surface area contributed by atoms with Gasteiger partial charge in [0.1, 0.15) is 6.10 Å². The van der Waals surface area contributed by atoms with Gasteiger partial charge in [-0.05, 0) is 25.0 Å². The molecule has 1 saturated heterocycles. The minimum atomic E-state index is -0.0547. The summed E-state index contributed by atoms with van der Waals surface area (Å²) in [5.74, 6) is 3.30. The van der Waals surface area contributed by atoms with Gasteiger partial charge in [0.25, 0.3) is 5.89 Å². The van der Waals surface area contributed by atoms with E-state index in [2.05, 4.69) is 17.1 Å². The fourth-order valence-corrected chi connectivity index (χ4v) is 2.56. The van der Waals surface area contributed by atoms with Crippen LogP contribution in [-0.2, 0) is 10.5 Å². The van der Waals surface area contributed by atoms with Crippen LogP contribution in [0.1, 0.15) is 44.0 Å². The Morgan fingerprint density at radius 1 is 1.47 bits per heavy atom. The van der Waals surface area contributed by atoms with Crippen LogP contribution in [0.25, 0.3) is 0 Å². The van der Waals surface area contributed by atoms with Gasteiger partial charge in [0.2, 0.25) is 0 Å². The Bertz CT molecular complexity index is 345. The summed E-state index contributed by atoms with van der Waals surface area (Å²) >= 11 is 1.82. The fourth-order valence-electron chi connectivity index (χ4n) is 1.83. The van der Waals surface area contributed by atoms with Crippen LogP contribution >= 0.6 is 11.8 Å². The first-order chi connectivity index (χ1) is 8.33. The van der Waals surface area contributed by atoms with Crippen LogP contribution in [-0.4, -0.2) is 28.5 Å². The van der Waals surface area contributed by atoms with Gasteiger partial charge in [0.05, 0.1) is 11.9 Å². The lowest BCUT2D eigenvalue weighted by molar-refractivity contribution is 0.0307. The predicted molar refractivity (Wildman–Crippen MR) is 66.7 cm³/mol. The highest BCUT2D eigenvalue weighted by atomic mass is 32.2. The van der Waals surface area contributed by atoms with Crippen molar-refractivity contribution in [3.05, 3.63) is 11.7 Å². The average Bonchev–Trinajstić information content (AvgIpc) is 2.97. The normalized spacial score (nSPS) is 24.4. The number of thioether (sulfide) groups is 1. The number of rotatable bonds is 6. The van der Waals surface area contributed by atoms with E-state index in [4.69, 9.17) is 15.0 Å². The second-order valence-electron chi connectivity index (χ2n) is 4.16. The Morgan fingerprint density at radius 2 is 2.35 bits per heavy atom. The molecule has 1 aromatic rings. The molecule has 2 heterocycles. The van der Waals surface area contributed by atoms with Crippen LogP contribution in [0.5, 0.6) is 0 Å². The maximum Gasteiger partial charge on any atom is 0.255 e. The van der Waals surface area contributed by atoms with Crippen molar-refractivity contribution >= 4 is 11.8 Å². The Hall–Kier alpha value is -0.590. The van der Waals surface area contributed by atoms with E-state index in [0.29, 0.717) is 12.4 Å². The van der Waals surface area contributed by atoms with Crippen molar-refractivity contribution in [2.75, 3.05) is 12.3 Å². The molecule has 17 heavy (non-hydrogen) atoms. The summed E-state index contributed by atoms with van der Waals surface area (Å²) in [5.41, 5.74) is 5.57. The first-order valence-electron chi connectivity index (χ1n) is 6.09. The van der Waals surface area contributed by atoms with E-state index in [0.717, 1.165) is 30.2 Å². The average molecular weight is 257 g/mol. The highest BCUT2D eigenvalue weighted by molar-refractivity contribution is 7.98. The van der Waals surface area contributed by atoms with E-state index < -0.39 is 0 Å². The smallest absolute Gasteiger partial charge is 0.255 e. The third kappa shape index (κ3) is 3.43. The van der Waals surface area contributed by atoms with Crippen LogP contribution < -0.4 is 5.73 Å². The Balaban J connectivity index is 1.85. The molecular formula is C11H19N3O2S. The largest absolute Gasteiger partial charge is 0.364 e. The lowest BCUT2D eigenvalue weighted by Gasteiger charge is -2.07. The van der Waals surface area contributed by atoms with Gasteiger partial charge in [0.15, 0.2) is 5.82 Å². The molecule has 1 aliphatic heterocycles. The van der Waals surface area contributed by atoms with Crippen molar-refractivity contribution in [3.8, 4) is 0 Å². The van der Waals surface area contributed by atoms with E-state index in [9.17, 15) is 0 Å². The lowest BCUT2D eigenvalue weighted by atomic mass is 10.2. The standard InChI is InChI=1S/C11H19N3O2S/c1-2-5-17-7-10-13-11(16-14-10)9-4-3-8(6-12)15-9/h8-9H,2-7,12H2,1H3. The van der Waals surface area contributed by atoms with Gasteiger partial charge in [-0.15, -0.1) is 0 Å². The molecule has 0 radical (unpaired) electrons. The first-order valence-corrected chi connectivity index (χ1v) is 7.24. The molecule has 1 aromatic heterocycles. The summed E-state index contributed by atoms with van der Waals surface area (Å²) < 4.78 is 10.9. The minimum Gasteiger partial charge on any atom is -0.364 e. The number of hydrogen-bond acceptors (Lipinski definition) is 6. The van der Waals surface area contributed by atoms with E-state index in [-0.39, 0.29) is 12.2 Å². The maximum atomic E-state index is 5.71. The summed E-state index contributed by atoms with van der Waals surface area (Å²) in [7, 11) is 0. The zero-order chi connectivity index (χ0) is 12.1. The molecule has 96 valence electrons. The van der Waals surface area contributed by atoms with Crippen molar-refractivity contribution in [2.45, 2.75) is 44.1 Å². The molecule has 2 unspecified atom stereocenters. The van der Waals surface area contributed by atoms with Crippen molar-refractivity contribution in [1.82, 2.24) is 10.1 Å². The van der Waals surface area contributed by atoms with Gasteiger partial charge in [-0.25, -0.2) is 0 Å². The van der Waals surface area contributed by atoms with Gasteiger partial charge in [0, 0.05) is 6.54 Å². The summed E-state index contributed by atoms with van der Waals surface area (Å²) in [6.07, 6.45) is 3.15. The number of nitrogens with zero attached hydrogens (tertiary/aromatic N) is 2. The number of nitrogens with two attached hydrogens (primary N) is 1. The molecule has 2 N–H and O–H groups in total. The molecule has 0 aromatic carbocycles. The molecule has 6 heteroatoms. The van der Waals surface area contributed by atoms with Crippen molar-refractivity contribution < 1.29 is 9.26 Å². The molecule has 0 saturated carbocycles. The topological polar surface area (TPSA) is 74.2 Å². The van der Waals surface area contributed by atoms with Gasteiger partial charge >= 0.3 is 0 Å². The van der Waals surface area contributed by atoms with Crippen molar-refractivity contribution in [1.29, 1.82) is 0 Å². The summed E-state index contributed by atoms with van der Waals surface area (Å²) in [5, 5.41) is 3.97. The summed E-state index contributed by atoms with van der Waals surface area (Å²) in [4.78, 5) is 4.37. The van der Waals surface area contributed by atoms with Gasteiger partial charge in [-0.1, -0.05) is 12.1 Å². The zero-order valence-corrected chi connectivity index (χ0v) is 10.9. The Kier molecular flexibility index (Phi) is 4.82. The quantitative estimate of drug-likeness (QED) is 0.784. The van der Waals surface area contributed by atoms with Gasteiger partial charge in [-0.2, -0.15) is 16.7 Å². The first kappa shape index (κ1) is 12.9. The minimum absolute atomic E-state index is 0.0547. The van der Waals surface area contributed by atoms with Crippen molar-refractivity contribution in [2.24, 2.45) is 5.73 Å². The molecule has 0 amide bonds. The van der Waals surface area contributed by atoms with Gasteiger partial charge < -0.3 is 15.0 Å². The van der Waals surface area contributed by atoms with Crippen molar-refractivity contribution in [3.63, 3.8) is 0 Å². The monoisotopic (exact) mass is 257 g/mol. The predicted octanol–water partition coefficient (Wildman–Crippen LogP) is 1.89.